The molecule has 2 aromatic rings. The van der Waals surface area contributed by atoms with Gasteiger partial charge in [0.1, 0.15) is 5.69 Å². The summed E-state index contributed by atoms with van der Waals surface area (Å²) < 4.78 is 22.6. The molecule has 122 valence electrons. The van der Waals surface area contributed by atoms with Crippen LogP contribution in [-0.2, 0) is 10.0 Å². The average Bonchev–Trinajstić information content (AvgIpc) is 2.46. The molecule has 0 saturated carbocycles. The van der Waals surface area contributed by atoms with E-state index < -0.39 is 14.9 Å². The zero-order valence-corrected chi connectivity index (χ0v) is 13.6. The Hall–Kier alpha value is -2.16. The van der Waals surface area contributed by atoms with Crippen molar-refractivity contribution in [3.63, 3.8) is 0 Å². The van der Waals surface area contributed by atoms with Gasteiger partial charge in [-0.25, -0.2) is 13.6 Å². The van der Waals surface area contributed by atoms with Crippen molar-refractivity contribution in [1.82, 2.24) is 0 Å². The van der Waals surface area contributed by atoms with Crippen molar-refractivity contribution in [2.45, 2.75) is 17.9 Å². The van der Waals surface area contributed by atoms with Gasteiger partial charge >= 0.3 is 0 Å². The van der Waals surface area contributed by atoms with Gasteiger partial charge in [-0.2, -0.15) is 0 Å². The SMILES string of the molecule is C[C@@H](Nc1ccc(S(N)(=O)=O)cc1[N+](=O)[O-])c1ccccc1Cl. The van der Waals surface area contributed by atoms with E-state index in [1.54, 1.807) is 31.2 Å². The number of primary sulfonamides is 1. The lowest BCUT2D eigenvalue weighted by molar-refractivity contribution is -0.384. The summed E-state index contributed by atoms with van der Waals surface area (Å²) in [7, 11) is -4.02. The Morgan fingerprint density at radius 1 is 1.26 bits per heavy atom. The van der Waals surface area contributed by atoms with Crippen LogP contribution in [0.1, 0.15) is 18.5 Å². The van der Waals surface area contributed by atoms with Gasteiger partial charge in [-0.15, -0.1) is 0 Å². The van der Waals surface area contributed by atoms with Crippen LogP contribution in [0.5, 0.6) is 0 Å². The van der Waals surface area contributed by atoms with Crippen molar-refractivity contribution >= 4 is 33.0 Å². The zero-order valence-electron chi connectivity index (χ0n) is 12.1. The molecule has 0 radical (unpaired) electrons. The third kappa shape index (κ3) is 3.98. The minimum atomic E-state index is -4.02. The van der Waals surface area contributed by atoms with E-state index in [1.807, 2.05) is 0 Å². The third-order valence-electron chi connectivity index (χ3n) is 3.24. The van der Waals surface area contributed by atoms with Crippen LogP contribution in [0.2, 0.25) is 5.02 Å². The van der Waals surface area contributed by atoms with Gasteiger partial charge in [-0.1, -0.05) is 29.8 Å². The molecule has 1 atom stereocenters. The molecule has 0 amide bonds. The number of nitrogens with zero attached hydrogens (tertiary/aromatic N) is 1. The Bertz CT molecular complexity index is 855. The number of sulfonamides is 1. The predicted molar refractivity (Wildman–Crippen MR) is 88.0 cm³/mol. The predicted octanol–water partition coefficient (Wildman–Crippen LogP) is 3.07. The fourth-order valence-corrected chi connectivity index (χ4v) is 2.93. The van der Waals surface area contributed by atoms with Gasteiger partial charge in [-0.3, -0.25) is 10.1 Å². The van der Waals surface area contributed by atoms with Crippen LogP contribution < -0.4 is 10.5 Å². The van der Waals surface area contributed by atoms with Gasteiger partial charge < -0.3 is 5.32 Å². The Morgan fingerprint density at radius 2 is 1.91 bits per heavy atom. The van der Waals surface area contributed by atoms with Crippen molar-refractivity contribution in [2.75, 3.05) is 5.32 Å². The number of halogens is 1. The summed E-state index contributed by atoms with van der Waals surface area (Å²) in [5.74, 6) is 0. The van der Waals surface area contributed by atoms with E-state index in [9.17, 15) is 18.5 Å². The van der Waals surface area contributed by atoms with Gasteiger partial charge in [0.25, 0.3) is 5.69 Å². The molecule has 0 aliphatic rings. The average molecular weight is 356 g/mol. The summed E-state index contributed by atoms with van der Waals surface area (Å²) >= 11 is 6.10. The third-order valence-corrected chi connectivity index (χ3v) is 4.49. The largest absolute Gasteiger partial charge is 0.373 e. The highest BCUT2D eigenvalue weighted by molar-refractivity contribution is 7.89. The quantitative estimate of drug-likeness (QED) is 0.631. The lowest BCUT2D eigenvalue weighted by atomic mass is 10.1. The molecule has 7 nitrogen and oxygen atoms in total. The van der Waals surface area contributed by atoms with E-state index >= 15 is 0 Å². The molecule has 0 unspecified atom stereocenters. The van der Waals surface area contributed by atoms with Crippen LogP contribution in [0.15, 0.2) is 47.4 Å². The number of benzene rings is 2. The first kappa shape index (κ1) is 17.2. The highest BCUT2D eigenvalue weighted by Crippen LogP contribution is 2.32. The fraction of sp³-hybridized carbons (Fsp3) is 0.143. The molecule has 3 N–H and O–H groups in total. The number of anilines is 1. The number of nitrogens with one attached hydrogen (secondary N) is 1. The Labute approximate surface area is 138 Å². The van der Waals surface area contributed by atoms with E-state index in [1.165, 1.54) is 12.1 Å². The van der Waals surface area contributed by atoms with Crippen molar-refractivity contribution in [3.05, 3.63) is 63.2 Å². The second kappa shape index (κ2) is 6.53. The lowest BCUT2D eigenvalue weighted by Crippen LogP contribution is -2.13. The molecule has 0 spiro atoms. The standard InChI is InChI=1S/C14H14ClN3O4S/c1-9(11-4-2-3-5-12(11)15)17-13-7-6-10(23(16,21)22)8-14(13)18(19)20/h2-9,17H,1H3,(H2,16,21,22)/t9-/m1/s1. The van der Waals surface area contributed by atoms with Crippen molar-refractivity contribution in [2.24, 2.45) is 5.14 Å². The minimum Gasteiger partial charge on any atom is -0.373 e. The maximum atomic E-state index is 11.3. The van der Waals surface area contributed by atoms with E-state index in [4.69, 9.17) is 16.7 Å². The molecule has 23 heavy (non-hydrogen) atoms. The minimum absolute atomic E-state index is 0.176. The normalized spacial score (nSPS) is 12.7. The highest BCUT2D eigenvalue weighted by atomic mass is 35.5. The number of nitro groups is 1. The van der Waals surface area contributed by atoms with Gasteiger partial charge in [0.15, 0.2) is 0 Å². The van der Waals surface area contributed by atoms with Crippen molar-refractivity contribution < 1.29 is 13.3 Å². The molecule has 0 heterocycles. The van der Waals surface area contributed by atoms with Crippen LogP contribution in [0.4, 0.5) is 11.4 Å². The molecule has 2 aromatic carbocycles. The Morgan fingerprint density at radius 3 is 2.48 bits per heavy atom. The zero-order chi connectivity index (χ0) is 17.2. The first-order valence-electron chi connectivity index (χ1n) is 6.52. The highest BCUT2D eigenvalue weighted by Gasteiger charge is 2.21. The summed E-state index contributed by atoms with van der Waals surface area (Å²) in [5, 5.41) is 19.7. The topological polar surface area (TPSA) is 115 Å². The summed E-state index contributed by atoms with van der Waals surface area (Å²) in [6.07, 6.45) is 0. The summed E-state index contributed by atoms with van der Waals surface area (Å²) in [6.45, 7) is 1.79. The first-order valence-corrected chi connectivity index (χ1v) is 8.45. The molecule has 0 fully saturated rings. The van der Waals surface area contributed by atoms with Crippen LogP contribution in [0.3, 0.4) is 0 Å². The monoisotopic (exact) mass is 355 g/mol. The van der Waals surface area contributed by atoms with Crippen LogP contribution in [0.25, 0.3) is 0 Å². The first-order chi connectivity index (χ1) is 10.7. The maximum absolute atomic E-state index is 11.3. The summed E-state index contributed by atoms with van der Waals surface area (Å²) in [5.41, 5.74) is 0.559. The number of rotatable bonds is 5. The smallest absolute Gasteiger partial charge is 0.293 e. The van der Waals surface area contributed by atoms with Crippen molar-refractivity contribution in [3.8, 4) is 0 Å². The van der Waals surface area contributed by atoms with Gasteiger partial charge in [0.2, 0.25) is 10.0 Å². The molecular formula is C14H14ClN3O4S. The molecule has 0 saturated heterocycles. The van der Waals surface area contributed by atoms with Crippen LogP contribution in [-0.4, -0.2) is 13.3 Å². The van der Waals surface area contributed by atoms with Gasteiger partial charge in [-0.05, 0) is 30.7 Å². The number of nitrogens with two attached hydrogens (primary N) is 1. The molecule has 0 aliphatic carbocycles. The molecule has 0 aromatic heterocycles. The second-order valence-corrected chi connectivity index (χ2v) is 6.84. The van der Waals surface area contributed by atoms with E-state index in [0.29, 0.717) is 5.02 Å². The molecular weight excluding hydrogens is 342 g/mol. The fourth-order valence-electron chi connectivity index (χ4n) is 2.10. The van der Waals surface area contributed by atoms with Crippen molar-refractivity contribution in [1.29, 1.82) is 0 Å². The van der Waals surface area contributed by atoms with E-state index in [2.05, 4.69) is 5.32 Å². The summed E-state index contributed by atoms with van der Waals surface area (Å²) in [6, 6.07) is 10.2. The Balaban J connectivity index is 2.40. The maximum Gasteiger partial charge on any atom is 0.293 e. The van der Waals surface area contributed by atoms with E-state index in [-0.39, 0.29) is 22.3 Å². The van der Waals surface area contributed by atoms with Crippen LogP contribution in [0, 0.1) is 10.1 Å². The Kier molecular flexibility index (Phi) is 4.88. The molecule has 0 bridgehead atoms. The molecule has 9 heteroatoms. The molecule has 0 aliphatic heterocycles. The summed E-state index contributed by atoms with van der Waals surface area (Å²) in [4.78, 5) is 10.2. The van der Waals surface area contributed by atoms with E-state index in [0.717, 1.165) is 11.6 Å². The second-order valence-electron chi connectivity index (χ2n) is 4.87. The number of hydrogen-bond donors (Lipinski definition) is 2. The van der Waals surface area contributed by atoms with Gasteiger partial charge in [0, 0.05) is 11.1 Å². The van der Waals surface area contributed by atoms with Gasteiger partial charge in [0.05, 0.1) is 15.9 Å². The lowest BCUT2D eigenvalue weighted by Gasteiger charge is -2.17. The number of hydrogen-bond acceptors (Lipinski definition) is 5. The van der Waals surface area contributed by atoms with Crippen LogP contribution >= 0.6 is 11.6 Å². The molecule has 2 rings (SSSR count). The number of nitro benzene ring substituents is 1.